The minimum Gasteiger partial charge on any atom is -0.378 e. The molecule has 2 heterocycles. The minimum absolute atomic E-state index is 1.11. The van der Waals surface area contributed by atoms with E-state index in [9.17, 15) is 0 Å². The van der Waals surface area contributed by atoms with Gasteiger partial charge in [-0.05, 0) is 57.7 Å². The second kappa shape index (κ2) is 5.53. The first-order valence-electron chi connectivity index (χ1n) is 6.56. The Bertz CT molecular complexity index is 302. The van der Waals surface area contributed by atoms with Crippen molar-refractivity contribution in [3.8, 4) is 0 Å². The van der Waals surface area contributed by atoms with E-state index in [4.69, 9.17) is 0 Å². The molecule has 0 aromatic heterocycles. The molecule has 0 radical (unpaired) electrons. The molecule has 0 atom stereocenters. The molecule has 2 bridgehead atoms. The fourth-order valence-electron chi connectivity index (χ4n) is 2.80. The summed E-state index contributed by atoms with van der Waals surface area (Å²) in [4.78, 5) is 2.50. The fourth-order valence-corrected chi connectivity index (χ4v) is 2.80. The number of nitrogens with one attached hydrogen (secondary N) is 1. The summed E-state index contributed by atoms with van der Waals surface area (Å²) >= 11 is 0. The van der Waals surface area contributed by atoms with Crippen molar-refractivity contribution in [3.05, 3.63) is 22.9 Å². The lowest BCUT2D eigenvalue weighted by Gasteiger charge is -2.31. The second-order valence-electron chi connectivity index (χ2n) is 5.00. The van der Waals surface area contributed by atoms with Crippen molar-refractivity contribution < 1.29 is 0 Å². The molecule has 2 aliphatic heterocycles. The normalized spacial score (nSPS) is 29.4. The Morgan fingerprint density at radius 1 is 1.31 bits per heavy atom. The average Bonchev–Trinajstić information content (AvgIpc) is 2.23. The summed E-state index contributed by atoms with van der Waals surface area (Å²) in [5.41, 5.74) is 4.98. The number of allylic oxidation sites excluding steroid dienone is 2. The monoisotopic (exact) mass is 220 g/mol. The predicted molar refractivity (Wildman–Crippen MR) is 69.4 cm³/mol. The molecule has 0 unspecified atom stereocenters. The van der Waals surface area contributed by atoms with Crippen LogP contribution >= 0.6 is 0 Å². The SMILES string of the molecule is CNCC/C1=C2\CCC/C(=C/C1)CCN2C. The Hall–Kier alpha value is -0.760. The van der Waals surface area contributed by atoms with Gasteiger partial charge in [0.2, 0.25) is 0 Å². The number of nitrogens with zero attached hydrogens (tertiary/aromatic N) is 1. The van der Waals surface area contributed by atoms with Crippen molar-refractivity contribution >= 4 is 0 Å². The van der Waals surface area contributed by atoms with Crippen molar-refractivity contribution in [1.29, 1.82) is 0 Å². The maximum Gasteiger partial charge on any atom is 0.0209 e. The predicted octanol–water partition coefficient (Wildman–Crippen LogP) is 2.69. The van der Waals surface area contributed by atoms with E-state index in [0.29, 0.717) is 0 Å². The van der Waals surface area contributed by atoms with Crippen molar-refractivity contribution in [2.45, 2.75) is 38.5 Å². The third kappa shape index (κ3) is 2.67. The largest absolute Gasteiger partial charge is 0.378 e. The van der Waals surface area contributed by atoms with E-state index in [1.54, 1.807) is 16.8 Å². The minimum atomic E-state index is 1.11. The maximum absolute atomic E-state index is 3.27. The number of rotatable bonds is 3. The Labute approximate surface area is 99.4 Å². The molecular formula is C14H24N2. The fraction of sp³-hybridized carbons (Fsp3) is 0.714. The first kappa shape index (κ1) is 11.7. The molecule has 0 saturated carbocycles. The van der Waals surface area contributed by atoms with Crippen molar-refractivity contribution in [2.75, 3.05) is 27.2 Å². The van der Waals surface area contributed by atoms with Gasteiger partial charge in [0.15, 0.2) is 0 Å². The third-order valence-electron chi connectivity index (χ3n) is 3.86. The molecule has 0 spiro atoms. The zero-order valence-corrected chi connectivity index (χ0v) is 10.7. The van der Waals surface area contributed by atoms with Crippen LogP contribution in [0, 0.1) is 0 Å². The number of hydrogen-bond acceptors (Lipinski definition) is 2. The van der Waals surface area contributed by atoms with Gasteiger partial charge in [0.25, 0.3) is 0 Å². The van der Waals surface area contributed by atoms with E-state index < -0.39 is 0 Å². The van der Waals surface area contributed by atoms with E-state index in [-0.39, 0.29) is 0 Å². The standard InChI is InChI=1S/C14H24N2/c1-15-10-8-13-7-6-12-4-3-5-14(13)16(2)11-9-12/h6,15H,3-5,7-11H2,1-2H3/b12-6-,14-13+. The first-order valence-corrected chi connectivity index (χ1v) is 6.56. The highest BCUT2D eigenvalue weighted by molar-refractivity contribution is 5.23. The van der Waals surface area contributed by atoms with Crippen LogP contribution in [0.2, 0.25) is 0 Å². The third-order valence-corrected chi connectivity index (χ3v) is 3.86. The van der Waals surface area contributed by atoms with Crippen molar-refractivity contribution in [2.24, 2.45) is 0 Å². The summed E-state index contributed by atoms with van der Waals surface area (Å²) in [7, 11) is 4.31. The first-order chi connectivity index (χ1) is 7.81. The maximum atomic E-state index is 3.27. The van der Waals surface area contributed by atoms with Crippen molar-refractivity contribution in [3.63, 3.8) is 0 Å². The average molecular weight is 220 g/mol. The van der Waals surface area contributed by atoms with Gasteiger partial charge in [-0.15, -0.1) is 0 Å². The smallest absolute Gasteiger partial charge is 0.0209 e. The van der Waals surface area contributed by atoms with E-state index in [0.717, 1.165) is 6.54 Å². The van der Waals surface area contributed by atoms with Crippen LogP contribution in [0.3, 0.4) is 0 Å². The molecule has 90 valence electrons. The van der Waals surface area contributed by atoms with Gasteiger partial charge in [0, 0.05) is 19.3 Å². The Morgan fingerprint density at radius 3 is 3.00 bits per heavy atom. The molecule has 0 amide bonds. The molecular weight excluding hydrogens is 196 g/mol. The lowest BCUT2D eigenvalue weighted by Crippen LogP contribution is -2.25. The van der Waals surface area contributed by atoms with E-state index in [1.165, 1.54) is 45.1 Å². The van der Waals surface area contributed by atoms with Gasteiger partial charge in [0.1, 0.15) is 0 Å². The molecule has 1 saturated heterocycles. The van der Waals surface area contributed by atoms with Crippen LogP contribution in [0.15, 0.2) is 22.9 Å². The van der Waals surface area contributed by atoms with Gasteiger partial charge < -0.3 is 10.2 Å². The second-order valence-corrected chi connectivity index (χ2v) is 5.00. The van der Waals surface area contributed by atoms with Gasteiger partial charge in [-0.1, -0.05) is 11.6 Å². The summed E-state index contributed by atoms with van der Waals surface area (Å²) in [5, 5.41) is 3.27. The summed E-state index contributed by atoms with van der Waals surface area (Å²) in [6, 6.07) is 0. The molecule has 1 N–H and O–H groups in total. The van der Waals surface area contributed by atoms with E-state index in [1.807, 2.05) is 7.05 Å². The highest BCUT2D eigenvalue weighted by Crippen LogP contribution is 2.30. The molecule has 3 aliphatic rings. The highest BCUT2D eigenvalue weighted by Gasteiger charge is 2.17. The molecule has 1 aliphatic carbocycles. The van der Waals surface area contributed by atoms with Crippen LogP contribution in [0.25, 0.3) is 0 Å². The van der Waals surface area contributed by atoms with Gasteiger partial charge >= 0.3 is 0 Å². The highest BCUT2D eigenvalue weighted by atomic mass is 15.1. The van der Waals surface area contributed by atoms with Crippen LogP contribution in [0.5, 0.6) is 0 Å². The number of hydrogen-bond donors (Lipinski definition) is 1. The summed E-state index contributed by atoms with van der Waals surface area (Å²) < 4.78 is 0. The number of fused-ring (bicyclic) bond motifs is 6. The Balaban J connectivity index is 2.20. The van der Waals surface area contributed by atoms with Crippen molar-refractivity contribution in [1.82, 2.24) is 10.2 Å². The molecule has 0 aromatic rings. The van der Waals surface area contributed by atoms with Gasteiger partial charge in [-0.2, -0.15) is 0 Å². The molecule has 0 aromatic carbocycles. The lowest BCUT2D eigenvalue weighted by atomic mass is 9.91. The molecule has 3 rings (SSSR count). The summed E-state index contributed by atoms with van der Waals surface area (Å²) in [6.07, 6.45) is 10.1. The van der Waals surface area contributed by atoms with E-state index in [2.05, 4.69) is 23.3 Å². The van der Waals surface area contributed by atoms with Crippen LogP contribution in [0.1, 0.15) is 38.5 Å². The van der Waals surface area contributed by atoms with Gasteiger partial charge in [-0.25, -0.2) is 0 Å². The zero-order valence-electron chi connectivity index (χ0n) is 10.7. The molecule has 2 heteroatoms. The molecule has 2 nitrogen and oxygen atoms in total. The summed E-state index contributed by atoms with van der Waals surface area (Å²) in [6.45, 7) is 2.32. The Morgan fingerprint density at radius 2 is 2.19 bits per heavy atom. The molecule has 16 heavy (non-hydrogen) atoms. The Kier molecular flexibility index (Phi) is 4.05. The van der Waals surface area contributed by atoms with Crippen LogP contribution in [-0.4, -0.2) is 32.1 Å². The van der Waals surface area contributed by atoms with Crippen LogP contribution in [0.4, 0.5) is 0 Å². The summed E-state index contributed by atoms with van der Waals surface area (Å²) in [5.74, 6) is 0. The quantitative estimate of drug-likeness (QED) is 0.736. The van der Waals surface area contributed by atoms with Crippen LogP contribution in [-0.2, 0) is 0 Å². The zero-order chi connectivity index (χ0) is 11.4. The molecule has 1 fully saturated rings. The van der Waals surface area contributed by atoms with Gasteiger partial charge in [-0.3, -0.25) is 0 Å². The lowest BCUT2D eigenvalue weighted by molar-refractivity contribution is 0.374. The van der Waals surface area contributed by atoms with E-state index >= 15 is 0 Å². The van der Waals surface area contributed by atoms with Crippen LogP contribution < -0.4 is 5.32 Å². The topological polar surface area (TPSA) is 15.3 Å². The van der Waals surface area contributed by atoms with Gasteiger partial charge in [0.05, 0.1) is 0 Å².